The van der Waals surface area contributed by atoms with E-state index in [1.807, 2.05) is 30.3 Å². The van der Waals surface area contributed by atoms with Crippen molar-refractivity contribution in [2.45, 2.75) is 43.4 Å². The van der Waals surface area contributed by atoms with E-state index in [0.29, 0.717) is 38.4 Å². The van der Waals surface area contributed by atoms with Crippen molar-refractivity contribution in [1.29, 1.82) is 0 Å². The second kappa shape index (κ2) is 8.06. The maximum Gasteiger partial charge on any atom is 0.238 e. The number of nitrogens with zero attached hydrogens (tertiary/aromatic N) is 2. The molecule has 2 N–H and O–H groups in total. The molecule has 3 aliphatic rings. The lowest BCUT2D eigenvalue weighted by molar-refractivity contribution is -0.121. The van der Waals surface area contributed by atoms with Gasteiger partial charge in [0.15, 0.2) is 0 Å². The standard InChI is InChI=1S/C23H29N3O4/c27-22(24-19-4-1-2-5-20(19)25-9-12-29-13-10-25)16-26-17-7-8-18(26)15-23(28,14-17)21-6-3-11-30-21/h1-6,11,17-18,28H,7-10,12-16H2,(H,24,27). The quantitative estimate of drug-likeness (QED) is 0.788. The Kier molecular flexibility index (Phi) is 5.26. The average molecular weight is 412 g/mol. The fraction of sp³-hybridized carbons (Fsp3) is 0.522. The molecule has 0 saturated carbocycles. The Hall–Kier alpha value is -2.35. The Labute approximate surface area is 176 Å². The van der Waals surface area contributed by atoms with Crippen molar-refractivity contribution in [3.05, 3.63) is 48.4 Å². The zero-order valence-electron chi connectivity index (χ0n) is 17.1. The number of nitrogens with one attached hydrogen (secondary N) is 1. The largest absolute Gasteiger partial charge is 0.466 e. The summed E-state index contributed by atoms with van der Waals surface area (Å²) in [5.74, 6) is 0.638. The lowest BCUT2D eigenvalue weighted by atomic mass is 9.84. The van der Waals surface area contributed by atoms with E-state index in [-0.39, 0.29) is 18.0 Å². The normalized spacial score (nSPS) is 29.2. The van der Waals surface area contributed by atoms with Gasteiger partial charge >= 0.3 is 0 Å². The summed E-state index contributed by atoms with van der Waals surface area (Å²) in [6.07, 6.45) is 4.83. The Balaban J connectivity index is 1.25. The third-order valence-electron chi connectivity index (χ3n) is 6.75. The van der Waals surface area contributed by atoms with Crippen molar-refractivity contribution in [1.82, 2.24) is 4.90 Å². The highest BCUT2D eigenvalue weighted by Gasteiger charge is 2.49. The summed E-state index contributed by atoms with van der Waals surface area (Å²) in [5.41, 5.74) is 0.967. The van der Waals surface area contributed by atoms with Crippen LogP contribution in [-0.4, -0.2) is 60.8 Å². The second-order valence-electron chi connectivity index (χ2n) is 8.64. The first-order valence-corrected chi connectivity index (χ1v) is 10.9. The summed E-state index contributed by atoms with van der Waals surface area (Å²) in [7, 11) is 0. The van der Waals surface area contributed by atoms with Crippen LogP contribution in [0.2, 0.25) is 0 Å². The molecule has 7 heteroatoms. The molecule has 0 radical (unpaired) electrons. The van der Waals surface area contributed by atoms with E-state index in [1.54, 1.807) is 6.26 Å². The highest BCUT2D eigenvalue weighted by atomic mass is 16.5. The van der Waals surface area contributed by atoms with Crippen LogP contribution in [0, 0.1) is 0 Å². The van der Waals surface area contributed by atoms with Gasteiger partial charge in [0.05, 0.1) is 37.4 Å². The summed E-state index contributed by atoms with van der Waals surface area (Å²) in [4.78, 5) is 17.5. The van der Waals surface area contributed by atoms with Crippen LogP contribution in [0.3, 0.4) is 0 Å². The topological polar surface area (TPSA) is 78.2 Å². The molecule has 2 aromatic rings. The van der Waals surface area contributed by atoms with E-state index in [4.69, 9.17) is 9.15 Å². The molecule has 1 amide bonds. The van der Waals surface area contributed by atoms with Crippen molar-refractivity contribution < 1.29 is 19.1 Å². The fourth-order valence-corrected chi connectivity index (χ4v) is 5.33. The predicted octanol–water partition coefficient (Wildman–Crippen LogP) is 2.57. The smallest absolute Gasteiger partial charge is 0.238 e. The molecule has 160 valence electrons. The summed E-state index contributed by atoms with van der Waals surface area (Å²) in [5, 5.41) is 14.3. The summed E-state index contributed by atoms with van der Waals surface area (Å²) < 4.78 is 11.0. The number of hydrogen-bond acceptors (Lipinski definition) is 6. The number of rotatable bonds is 5. The molecular weight excluding hydrogens is 382 g/mol. The molecule has 7 nitrogen and oxygen atoms in total. The Morgan fingerprint density at radius 2 is 1.83 bits per heavy atom. The van der Waals surface area contributed by atoms with Gasteiger partial charge in [-0.3, -0.25) is 9.69 Å². The highest BCUT2D eigenvalue weighted by Crippen LogP contribution is 2.45. The van der Waals surface area contributed by atoms with Crippen LogP contribution in [0.4, 0.5) is 11.4 Å². The molecule has 2 atom stereocenters. The lowest BCUT2D eigenvalue weighted by Crippen LogP contribution is -2.51. The lowest BCUT2D eigenvalue weighted by Gasteiger charge is -2.42. The summed E-state index contributed by atoms with van der Waals surface area (Å²) in [6, 6.07) is 12.0. The zero-order chi connectivity index (χ0) is 20.6. The van der Waals surface area contributed by atoms with Crippen LogP contribution in [0.5, 0.6) is 0 Å². The molecule has 30 heavy (non-hydrogen) atoms. The van der Waals surface area contributed by atoms with Gasteiger partial charge in [0.1, 0.15) is 11.4 Å². The molecule has 5 rings (SSSR count). The number of ether oxygens (including phenoxy) is 1. The SMILES string of the molecule is O=C(CN1C2CCC1CC(O)(c1ccco1)C2)Nc1ccccc1N1CCOCC1. The maximum absolute atomic E-state index is 12.9. The predicted molar refractivity (Wildman–Crippen MR) is 113 cm³/mol. The van der Waals surface area contributed by atoms with Gasteiger partial charge in [-0.05, 0) is 49.9 Å². The Bertz CT molecular complexity index is 864. The van der Waals surface area contributed by atoms with Crippen molar-refractivity contribution in [3.8, 4) is 0 Å². The van der Waals surface area contributed by atoms with Gasteiger partial charge in [-0.25, -0.2) is 0 Å². The van der Waals surface area contributed by atoms with Crippen molar-refractivity contribution >= 4 is 17.3 Å². The van der Waals surface area contributed by atoms with E-state index < -0.39 is 5.60 Å². The van der Waals surface area contributed by atoms with Crippen LogP contribution < -0.4 is 10.2 Å². The number of amides is 1. The zero-order valence-corrected chi connectivity index (χ0v) is 17.1. The first-order valence-electron chi connectivity index (χ1n) is 10.9. The van der Waals surface area contributed by atoms with Gasteiger partial charge in [0, 0.05) is 25.2 Å². The first kappa shape index (κ1) is 19.6. The second-order valence-corrected chi connectivity index (χ2v) is 8.64. The molecule has 0 aliphatic carbocycles. The number of benzene rings is 1. The van der Waals surface area contributed by atoms with E-state index in [2.05, 4.69) is 21.2 Å². The van der Waals surface area contributed by atoms with E-state index in [1.165, 1.54) is 0 Å². The molecule has 3 aliphatic heterocycles. The fourth-order valence-electron chi connectivity index (χ4n) is 5.33. The van der Waals surface area contributed by atoms with Crippen LogP contribution in [0.15, 0.2) is 47.1 Å². The van der Waals surface area contributed by atoms with Crippen LogP contribution in [0.1, 0.15) is 31.4 Å². The van der Waals surface area contributed by atoms with Gasteiger partial charge in [0.25, 0.3) is 0 Å². The minimum atomic E-state index is -0.925. The minimum absolute atomic E-state index is 0.00366. The Morgan fingerprint density at radius 3 is 2.53 bits per heavy atom. The van der Waals surface area contributed by atoms with Crippen molar-refractivity contribution in [2.24, 2.45) is 0 Å². The van der Waals surface area contributed by atoms with E-state index in [0.717, 1.165) is 37.3 Å². The minimum Gasteiger partial charge on any atom is -0.466 e. The molecule has 4 heterocycles. The molecule has 3 fully saturated rings. The monoisotopic (exact) mass is 411 g/mol. The maximum atomic E-state index is 12.9. The third kappa shape index (κ3) is 3.73. The highest BCUT2D eigenvalue weighted by molar-refractivity contribution is 5.95. The Morgan fingerprint density at radius 1 is 1.10 bits per heavy atom. The third-order valence-corrected chi connectivity index (χ3v) is 6.75. The number of fused-ring (bicyclic) bond motifs is 2. The number of carbonyl (C=O) groups excluding carboxylic acids is 1. The van der Waals surface area contributed by atoms with Gasteiger partial charge in [0.2, 0.25) is 5.91 Å². The van der Waals surface area contributed by atoms with Crippen molar-refractivity contribution in [2.75, 3.05) is 43.1 Å². The number of hydrogen-bond donors (Lipinski definition) is 2. The number of anilines is 2. The molecule has 0 spiro atoms. The molecular formula is C23H29N3O4. The van der Waals surface area contributed by atoms with Gasteiger partial charge < -0.3 is 24.5 Å². The van der Waals surface area contributed by atoms with Gasteiger partial charge in [-0.15, -0.1) is 0 Å². The molecule has 1 aromatic heterocycles. The number of aliphatic hydroxyl groups is 1. The summed E-state index contributed by atoms with van der Waals surface area (Å²) in [6.45, 7) is 3.42. The van der Waals surface area contributed by atoms with E-state index in [9.17, 15) is 9.90 Å². The number of piperidine rings is 1. The number of morpholine rings is 1. The number of para-hydroxylation sites is 2. The average Bonchev–Trinajstić information content (AvgIpc) is 3.38. The van der Waals surface area contributed by atoms with Crippen LogP contribution in [-0.2, 0) is 15.1 Å². The van der Waals surface area contributed by atoms with E-state index >= 15 is 0 Å². The first-order chi connectivity index (χ1) is 14.6. The van der Waals surface area contributed by atoms with Gasteiger partial charge in [-0.1, -0.05) is 12.1 Å². The summed E-state index contributed by atoms with van der Waals surface area (Å²) >= 11 is 0. The molecule has 2 unspecified atom stereocenters. The molecule has 3 saturated heterocycles. The van der Waals surface area contributed by atoms with Gasteiger partial charge in [-0.2, -0.15) is 0 Å². The number of furan rings is 1. The molecule has 2 bridgehead atoms. The van der Waals surface area contributed by atoms with Crippen LogP contribution >= 0.6 is 0 Å². The van der Waals surface area contributed by atoms with Crippen LogP contribution in [0.25, 0.3) is 0 Å². The van der Waals surface area contributed by atoms with Crippen molar-refractivity contribution in [3.63, 3.8) is 0 Å². The number of carbonyl (C=O) groups is 1. The molecule has 1 aromatic carbocycles.